The zero-order valence-electron chi connectivity index (χ0n) is 13.3. The number of halogens is 2. The van der Waals surface area contributed by atoms with E-state index in [4.69, 9.17) is 4.52 Å². The molecule has 1 N–H and O–H groups in total. The van der Waals surface area contributed by atoms with Crippen LogP contribution in [0.4, 0.5) is 8.78 Å². The third kappa shape index (κ3) is 2.91. The molecule has 0 aliphatic carbocycles. The zero-order chi connectivity index (χ0) is 18.1. The highest BCUT2D eigenvalue weighted by molar-refractivity contribution is 7.08. The van der Waals surface area contributed by atoms with Crippen molar-refractivity contribution in [3.8, 4) is 22.6 Å². The van der Waals surface area contributed by atoms with Crippen molar-refractivity contribution in [3.63, 3.8) is 0 Å². The average molecular weight is 370 g/mol. The van der Waals surface area contributed by atoms with Crippen molar-refractivity contribution in [3.05, 3.63) is 82.3 Å². The lowest BCUT2D eigenvalue weighted by Crippen LogP contribution is -2.03. The van der Waals surface area contributed by atoms with Crippen LogP contribution in [0.1, 0.15) is 17.2 Å². The molecule has 26 heavy (non-hydrogen) atoms. The van der Waals surface area contributed by atoms with Gasteiger partial charge >= 0.3 is 0 Å². The zero-order valence-corrected chi connectivity index (χ0v) is 14.1. The standard InChI is InChI=1S/C19H12F2N2O2S/c20-13-3-4-14(15(21)8-13)17-16(18(24)11-2-1-6-22-9-11)19(25-23-17)12-5-7-26-10-12/h1-10,18,24H. The second-order valence-corrected chi connectivity index (χ2v) is 6.38. The first-order valence-electron chi connectivity index (χ1n) is 7.70. The van der Waals surface area contributed by atoms with Crippen LogP contribution in [0.25, 0.3) is 22.6 Å². The van der Waals surface area contributed by atoms with E-state index < -0.39 is 17.7 Å². The Morgan fingerprint density at radius 1 is 1.15 bits per heavy atom. The van der Waals surface area contributed by atoms with E-state index in [0.29, 0.717) is 22.5 Å². The van der Waals surface area contributed by atoms with Gasteiger partial charge in [-0.3, -0.25) is 4.98 Å². The smallest absolute Gasteiger partial charge is 0.174 e. The molecule has 3 aromatic heterocycles. The molecule has 0 bridgehead atoms. The number of benzene rings is 1. The van der Waals surface area contributed by atoms with Gasteiger partial charge < -0.3 is 9.63 Å². The number of rotatable bonds is 4. The molecule has 4 aromatic rings. The van der Waals surface area contributed by atoms with Crippen molar-refractivity contribution in [1.82, 2.24) is 10.1 Å². The van der Waals surface area contributed by atoms with Gasteiger partial charge in [0.2, 0.25) is 0 Å². The van der Waals surface area contributed by atoms with E-state index in [0.717, 1.165) is 12.1 Å². The van der Waals surface area contributed by atoms with E-state index in [1.165, 1.54) is 23.6 Å². The van der Waals surface area contributed by atoms with E-state index in [-0.39, 0.29) is 11.3 Å². The molecule has 1 atom stereocenters. The van der Waals surface area contributed by atoms with Gasteiger partial charge in [0.1, 0.15) is 23.4 Å². The summed E-state index contributed by atoms with van der Waals surface area (Å²) in [5, 5.41) is 18.6. The average Bonchev–Trinajstić information content (AvgIpc) is 3.31. The van der Waals surface area contributed by atoms with Crippen LogP contribution in [0, 0.1) is 11.6 Å². The summed E-state index contributed by atoms with van der Waals surface area (Å²) in [6.45, 7) is 0. The third-order valence-corrected chi connectivity index (χ3v) is 4.65. The van der Waals surface area contributed by atoms with Crippen LogP contribution >= 0.6 is 11.3 Å². The highest BCUT2D eigenvalue weighted by Gasteiger charge is 2.28. The molecule has 4 rings (SSSR count). The molecule has 1 aromatic carbocycles. The van der Waals surface area contributed by atoms with Gasteiger partial charge in [-0.05, 0) is 29.6 Å². The van der Waals surface area contributed by atoms with E-state index in [1.807, 2.05) is 16.8 Å². The minimum Gasteiger partial charge on any atom is -0.383 e. The summed E-state index contributed by atoms with van der Waals surface area (Å²) in [7, 11) is 0. The molecule has 1 unspecified atom stereocenters. The monoisotopic (exact) mass is 370 g/mol. The summed E-state index contributed by atoms with van der Waals surface area (Å²) in [6, 6.07) is 8.39. The van der Waals surface area contributed by atoms with Gasteiger partial charge in [-0.2, -0.15) is 11.3 Å². The van der Waals surface area contributed by atoms with Gasteiger partial charge in [0.05, 0.1) is 5.56 Å². The van der Waals surface area contributed by atoms with Crippen LogP contribution in [0.15, 0.2) is 64.1 Å². The highest BCUT2D eigenvalue weighted by atomic mass is 32.1. The van der Waals surface area contributed by atoms with E-state index >= 15 is 0 Å². The summed E-state index contributed by atoms with van der Waals surface area (Å²) < 4.78 is 33.0. The summed E-state index contributed by atoms with van der Waals surface area (Å²) in [5.74, 6) is -1.14. The van der Waals surface area contributed by atoms with Crippen molar-refractivity contribution in [1.29, 1.82) is 0 Å². The molecule has 130 valence electrons. The number of aliphatic hydroxyl groups excluding tert-OH is 1. The predicted octanol–water partition coefficient (Wildman–Crippen LogP) is 4.83. The fourth-order valence-electron chi connectivity index (χ4n) is 2.73. The van der Waals surface area contributed by atoms with Crippen LogP contribution in [-0.2, 0) is 0 Å². The summed E-state index contributed by atoms with van der Waals surface area (Å²) in [5.41, 5.74) is 1.71. The Labute approximate surface area is 151 Å². The highest BCUT2D eigenvalue weighted by Crippen LogP contribution is 2.40. The van der Waals surface area contributed by atoms with Gasteiger partial charge in [0.25, 0.3) is 0 Å². The van der Waals surface area contributed by atoms with Crippen molar-refractivity contribution in [2.75, 3.05) is 0 Å². The van der Waals surface area contributed by atoms with E-state index in [9.17, 15) is 13.9 Å². The minimum atomic E-state index is -1.13. The molecular weight excluding hydrogens is 358 g/mol. The van der Waals surface area contributed by atoms with Gasteiger partial charge in [0.15, 0.2) is 5.76 Å². The number of nitrogens with zero attached hydrogens (tertiary/aromatic N) is 2. The van der Waals surface area contributed by atoms with Crippen LogP contribution in [-0.4, -0.2) is 15.2 Å². The lowest BCUT2D eigenvalue weighted by atomic mass is 9.95. The Kier molecular flexibility index (Phi) is 4.32. The molecule has 0 saturated heterocycles. The Balaban J connectivity index is 1.93. The number of hydrogen-bond donors (Lipinski definition) is 1. The number of pyridine rings is 1. The summed E-state index contributed by atoms with van der Waals surface area (Å²) in [6.07, 6.45) is 1.97. The molecule has 0 fully saturated rings. The second-order valence-electron chi connectivity index (χ2n) is 5.60. The SMILES string of the molecule is OC(c1cccnc1)c1c(-c2ccc(F)cc2F)noc1-c1ccsc1. The molecule has 0 saturated carbocycles. The van der Waals surface area contributed by atoms with Crippen LogP contribution in [0.5, 0.6) is 0 Å². The van der Waals surface area contributed by atoms with Gasteiger partial charge in [-0.15, -0.1) is 0 Å². The molecule has 0 spiro atoms. The molecule has 4 nitrogen and oxygen atoms in total. The minimum absolute atomic E-state index is 0.0505. The fourth-order valence-corrected chi connectivity index (χ4v) is 3.37. The molecule has 0 amide bonds. The number of aliphatic hydroxyl groups is 1. The van der Waals surface area contributed by atoms with E-state index in [1.54, 1.807) is 18.3 Å². The quantitative estimate of drug-likeness (QED) is 0.559. The second kappa shape index (κ2) is 6.78. The van der Waals surface area contributed by atoms with Crippen LogP contribution < -0.4 is 0 Å². The van der Waals surface area contributed by atoms with Gasteiger partial charge in [-0.25, -0.2) is 8.78 Å². The van der Waals surface area contributed by atoms with Crippen molar-refractivity contribution in [2.45, 2.75) is 6.10 Å². The Bertz CT molecular complexity index is 1030. The lowest BCUT2D eigenvalue weighted by molar-refractivity contribution is 0.220. The molecular formula is C19H12F2N2O2S. The first-order chi connectivity index (χ1) is 12.6. The van der Waals surface area contributed by atoms with Crippen molar-refractivity contribution >= 4 is 11.3 Å². The summed E-state index contributed by atoms with van der Waals surface area (Å²) in [4.78, 5) is 4.01. The van der Waals surface area contributed by atoms with Crippen molar-refractivity contribution in [2.24, 2.45) is 0 Å². The molecule has 0 aliphatic rings. The third-order valence-electron chi connectivity index (χ3n) is 3.97. The van der Waals surface area contributed by atoms with Crippen molar-refractivity contribution < 1.29 is 18.4 Å². The Hall–Kier alpha value is -2.90. The Morgan fingerprint density at radius 3 is 2.73 bits per heavy atom. The maximum Gasteiger partial charge on any atom is 0.174 e. The largest absolute Gasteiger partial charge is 0.383 e. The topological polar surface area (TPSA) is 59.2 Å². The maximum absolute atomic E-state index is 14.3. The fraction of sp³-hybridized carbons (Fsp3) is 0.0526. The lowest BCUT2D eigenvalue weighted by Gasteiger charge is -2.12. The van der Waals surface area contributed by atoms with Crippen LogP contribution in [0.2, 0.25) is 0 Å². The van der Waals surface area contributed by atoms with Gasteiger partial charge in [0, 0.05) is 40.5 Å². The maximum atomic E-state index is 14.3. The normalized spacial score (nSPS) is 12.3. The van der Waals surface area contributed by atoms with Gasteiger partial charge in [-0.1, -0.05) is 11.2 Å². The number of thiophene rings is 1. The molecule has 0 aliphatic heterocycles. The molecule has 7 heteroatoms. The molecule has 3 heterocycles. The summed E-state index contributed by atoms with van der Waals surface area (Å²) >= 11 is 1.46. The first kappa shape index (κ1) is 16.6. The predicted molar refractivity (Wildman–Crippen MR) is 93.5 cm³/mol. The van der Waals surface area contributed by atoms with E-state index in [2.05, 4.69) is 10.1 Å². The number of hydrogen-bond acceptors (Lipinski definition) is 5. The first-order valence-corrected chi connectivity index (χ1v) is 8.65. The number of aromatic nitrogens is 2. The molecule has 0 radical (unpaired) electrons. The Morgan fingerprint density at radius 2 is 2.04 bits per heavy atom. The van der Waals surface area contributed by atoms with Crippen LogP contribution in [0.3, 0.4) is 0 Å².